The monoisotopic (exact) mass is 475 g/mol. The Bertz CT molecular complexity index is 1460. The van der Waals surface area contributed by atoms with E-state index in [0.29, 0.717) is 11.6 Å². The molecule has 0 bridgehead atoms. The number of aryl methyl sites for hydroxylation is 2. The summed E-state index contributed by atoms with van der Waals surface area (Å²) in [5.74, 6) is 1.63. The lowest BCUT2D eigenvalue weighted by atomic mass is 9.69. The van der Waals surface area contributed by atoms with Crippen molar-refractivity contribution in [3.05, 3.63) is 71.5 Å². The van der Waals surface area contributed by atoms with Crippen molar-refractivity contribution in [1.29, 1.82) is 0 Å². The Balaban J connectivity index is 1.63. The SMILES string of the molecule is CCc1ccc(S(=O)(=O)Nc2cc3c4c(oc3c3ccccc23)CC[C@H](C(C)(C)CC)C4)cc1. The lowest BCUT2D eigenvalue weighted by molar-refractivity contribution is 0.179. The molecule has 1 heterocycles. The highest BCUT2D eigenvalue weighted by atomic mass is 32.2. The molecule has 5 heteroatoms. The summed E-state index contributed by atoms with van der Waals surface area (Å²) in [6.07, 6.45) is 5.02. The third-order valence-electron chi connectivity index (χ3n) is 7.96. The molecule has 1 aliphatic rings. The van der Waals surface area contributed by atoms with Gasteiger partial charge in [-0.2, -0.15) is 0 Å². The molecule has 0 aliphatic heterocycles. The van der Waals surface area contributed by atoms with Crippen LogP contribution in [0.3, 0.4) is 0 Å². The van der Waals surface area contributed by atoms with E-state index in [2.05, 4.69) is 32.4 Å². The zero-order valence-electron chi connectivity index (χ0n) is 20.4. The molecule has 178 valence electrons. The van der Waals surface area contributed by atoms with Crippen LogP contribution in [-0.2, 0) is 29.3 Å². The zero-order chi connectivity index (χ0) is 24.1. The maximum Gasteiger partial charge on any atom is 0.261 e. The van der Waals surface area contributed by atoms with E-state index in [0.717, 1.165) is 65.2 Å². The van der Waals surface area contributed by atoms with Crippen molar-refractivity contribution in [3.63, 3.8) is 0 Å². The number of rotatable bonds is 6. The predicted molar refractivity (Wildman–Crippen MR) is 140 cm³/mol. The Morgan fingerprint density at radius 2 is 1.71 bits per heavy atom. The molecule has 0 saturated carbocycles. The number of anilines is 1. The highest BCUT2D eigenvalue weighted by Gasteiger charge is 2.34. The summed E-state index contributed by atoms with van der Waals surface area (Å²) >= 11 is 0. The van der Waals surface area contributed by atoms with Gasteiger partial charge in [-0.3, -0.25) is 4.72 Å². The van der Waals surface area contributed by atoms with Crippen LogP contribution in [0.5, 0.6) is 0 Å². The molecule has 0 amide bonds. The predicted octanol–water partition coefficient (Wildman–Crippen LogP) is 7.49. The van der Waals surface area contributed by atoms with Gasteiger partial charge in [0.1, 0.15) is 11.3 Å². The lowest BCUT2D eigenvalue weighted by Gasteiger charge is -2.36. The van der Waals surface area contributed by atoms with E-state index < -0.39 is 10.0 Å². The number of sulfonamides is 1. The van der Waals surface area contributed by atoms with Crippen molar-refractivity contribution < 1.29 is 12.8 Å². The van der Waals surface area contributed by atoms with E-state index in [-0.39, 0.29) is 10.3 Å². The summed E-state index contributed by atoms with van der Waals surface area (Å²) < 4.78 is 35.9. The molecule has 0 spiro atoms. The Hall–Kier alpha value is -2.79. The third-order valence-corrected chi connectivity index (χ3v) is 9.34. The molecule has 3 aromatic carbocycles. The molecule has 0 radical (unpaired) electrons. The van der Waals surface area contributed by atoms with E-state index in [1.54, 1.807) is 12.1 Å². The molecular weight excluding hydrogens is 442 g/mol. The van der Waals surface area contributed by atoms with E-state index >= 15 is 0 Å². The number of furan rings is 1. The van der Waals surface area contributed by atoms with Crippen molar-refractivity contribution in [3.8, 4) is 0 Å². The minimum absolute atomic E-state index is 0.257. The Labute approximate surface area is 202 Å². The van der Waals surface area contributed by atoms with Gasteiger partial charge in [0, 0.05) is 28.1 Å². The van der Waals surface area contributed by atoms with Gasteiger partial charge in [-0.05, 0) is 54.4 Å². The molecule has 1 aliphatic carbocycles. The van der Waals surface area contributed by atoms with Crippen LogP contribution in [-0.4, -0.2) is 8.42 Å². The Kier molecular flexibility index (Phi) is 5.71. The van der Waals surface area contributed by atoms with Crippen LogP contribution in [0.4, 0.5) is 5.69 Å². The summed E-state index contributed by atoms with van der Waals surface area (Å²) in [5.41, 5.74) is 4.08. The van der Waals surface area contributed by atoms with Gasteiger partial charge in [-0.1, -0.05) is 70.5 Å². The largest absolute Gasteiger partial charge is 0.460 e. The van der Waals surface area contributed by atoms with Crippen LogP contribution in [0.1, 0.15) is 57.4 Å². The second-order valence-electron chi connectivity index (χ2n) is 10.2. The van der Waals surface area contributed by atoms with Gasteiger partial charge in [-0.15, -0.1) is 0 Å². The first-order valence-electron chi connectivity index (χ1n) is 12.3. The molecule has 4 nitrogen and oxygen atoms in total. The van der Waals surface area contributed by atoms with Gasteiger partial charge in [0.15, 0.2) is 0 Å². The lowest BCUT2D eigenvalue weighted by Crippen LogP contribution is -2.28. The summed E-state index contributed by atoms with van der Waals surface area (Å²) in [6, 6.07) is 17.0. The van der Waals surface area contributed by atoms with Gasteiger partial charge in [-0.25, -0.2) is 8.42 Å². The standard InChI is InChI=1S/C29H33NO3S/c1-5-19-11-14-21(15-12-19)34(31,32)30-26-18-25-24-17-20(29(3,4)6-2)13-16-27(24)33-28(25)23-10-8-7-9-22(23)26/h7-12,14-15,18,20,30H,5-6,13,16-17H2,1-4H3/t20-/m0/s1. The highest BCUT2D eigenvalue weighted by molar-refractivity contribution is 7.92. The van der Waals surface area contributed by atoms with Crippen molar-refractivity contribution in [2.24, 2.45) is 11.3 Å². The molecule has 1 N–H and O–H groups in total. The number of hydrogen-bond acceptors (Lipinski definition) is 3. The zero-order valence-corrected chi connectivity index (χ0v) is 21.3. The maximum atomic E-state index is 13.3. The topological polar surface area (TPSA) is 59.3 Å². The number of hydrogen-bond donors (Lipinski definition) is 1. The molecule has 4 aromatic rings. The van der Waals surface area contributed by atoms with Crippen molar-refractivity contribution in [1.82, 2.24) is 0 Å². The van der Waals surface area contributed by atoms with E-state index in [4.69, 9.17) is 4.42 Å². The molecule has 0 unspecified atom stereocenters. The van der Waals surface area contributed by atoms with Crippen molar-refractivity contribution >= 4 is 37.5 Å². The van der Waals surface area contributed by atoms with Crippen LogP contribution < -0.4 is 4.72 Å². The second kappa shape index (κ2) is 8.46. The first-order valence-corrected chi connectivity index (χ1v) is 13.8. The first-order chi connectivity index (χ1) is 16.2. The minimum Gasteiger partial charge on any atom is -0.460 e. The molecule has 34 heavy (non-hydrogen) atoms. The number of nitrogens with one attached hydrogen (secondary N) is 1. The summed E-state index contributed by atoms with van der Waals surface area (Å²) in [7, 11) is -3.72. The van der Waals surface area contributed by atoms with E-state index in [1.165, 1.54) is 5.56 Å². The van der Waals surface area contributed by atoms with Crippen LogP contribution in [0.25, 0.3) is 21.7 Å². The van der Waals surface area contributed by atoms with Gasteiger partial charge in [0.25, 0.3) is 10.0 Å². The molecule has 1 atom stereocenters. The highest BCUT2D eigenvalue weighted by Crippen LogP contribution is 2.45. The molecule has 0 fully saturated rings. The smallest absolute Gasteiger partial charge is 0.261 e. The normalized spacial score (nSPS) is 16.6. The summed E-state index contributed by atoms with van der Waals surface area (Å²) in [6.45, 7) is 9.02. The van der Waals surface area contributed by atoms with Gasteiger partial charge >= 0.3 is 0 Å². The fourth-order valence-corrected chi connectivity index (χ4v) is 6.32. The third kappa shape index (κ3) is 3.90. The van der Waals surface area contributed by atoms with Crippen LogP contribution in [0.15, 0.2) is 63.9 Å². The van der Waals surface area contributed by atoms with Crippen LogP contribution in [0.2, 0.25) is 0 Å². The number of benzene rings is 3. The fraction of sp³-hybridized carbons (Fsp3) is 0.379. The molecule has 1 aromatic heterocycles. The summed E-state index contributed by atoms with van der Waals surface area (Å²) in [4.78, 5) is 0.271. The molecule has 5 rings (SSSR count). The average Bonchev–Trinajstić information content (AvgIpc) is 3.22. The van der Waals surface area contributed by atoms with Crippen molar-refractivity contribution in [2.75, 3.05) is 4.72 Å². The summed E-state index contributed by atoms with van der Waals surface area (Å²) in [5, 5.41) is 2.82. The minimum atomic E-state index is -3.72. The first kappa shape index (κ1) is 23.0. The van der Waals surface area contributed by atoms with Gasteiger partial charge in [0.2, 0.25) is 0 Å². The number of fused-ring (bicyclic) bond motifs is 5. The molecule has 0 saturated heterocycles. The molecular formula is C29H33NO3S. The van der Waals surface area contributed by atoms with Crippen LogP contribution >= 0.6 is 0 Å². The average molecular weight is 476 g/mol. The Morgan fingerprint density at radius 3 is 2.38 bits per heavy atom. The quantitative estimate of drug-likeness (QED) is 0.314. The van der Waals surface area contributed by atoms with E-state index in [9.17, 15) is 8.42 Å². The fourth-order valence-electron chi connectivity index (χ4n) is 5.25. The van der Waals surface area contributed by atoms with Crippen LogP contribution in [0, 0.1) is 11.3 Å². The van der Waals surface area contributed by atoms with Gasteiger partial charge in [0.05, 0.1) is 10.6 Å². The van der Waals surface area contributed by atoms with Crippen molar-refractivity contribution in [2.45, 2.75) is 64.7 Å². The Morgan fingerprint density at radius 1 is 1.00 bits per heavy atom. The van der Waals surface area contributed by atoms with Gasteiger partial charge < -0.3 is 4.42 Å². The maximum absolute atomic E-state index is 13.3. The van der Waals surface area contributed by atoms with E-state index in [1.807, 2.05) is 42.5 Å². The second-order valence-corrected chi connectivity index (χ2v) is 11.9.